The highest BCUT2D eigenvalue weighted by Crippen LogP contribution is 2.19. The zero-order valence-corrected chi connectivity index (χ0v) is 27.7. The van der Waals surface area contributed by atoms with E-state index >= 15 is 0 Å². The Labute approximate surface area is 250 Å². The summed E-state index contributed by atoms with van der Waals surface area (Å²) >= 11 is 0. The van der Waals surface area contributed by atoms with Crippen molar-refractivity contribution in [1.29, 1.82) is 0 Å². The SMILES string of the molecule is CCCC[C@@H](CC)C(=O)O[C@H](C)CN(C[C@H](C)OC(=O)[C@H](CC)CCCC)C(=O)[C@H](C)OC(=O)[C@H](CC)CCCC. The molecule has 0 aliphatic carbocycles. The summed E-state index contributed by atoms with van der Waals surface area (Å²) in [6.07, 6.45) is 7.96. The van der Waals surface area contributed by atoms with Crippen LogP contribution in [-0.4, -0.2) is 60.1 Å². The molecule has 0 fully saturated rings. The van der Waals surface area contributed by atoms with Gasteiger partial charge in [0.1, 0.15) is 12.2 Å². The van der Waals surface area contributed by atoms with E-state index in [0.29, 0.717) is 19.3 Å². The molecule has 0 saturated carbocycles. The summed E-state index contributed by atoms with van der Waals surface area (Å²) in [7, 11) is 0. The Bertz CT molecular complexity index is 718. The van der Waals surface area contributed by atoms with Crippen molar-refractivity contribution in [3.05, 3.63) is 0 Å². The van der Waals surface area contributed by atoms with Crippen LogP contribution in [0, 0.1) is 17.8 Å². The lowest BCUT2D eigenvalue weighted by molar-refractivity contribution is -0.166. The minimum absolute atomic E-state index is 0.110. The quantitative estimate of drug-likeness (QED) is 0.0922. The van der Waals surface area contributed by atoms with E-state index < -0.39 is 24.2 Å². The standard InChI is InChI=1S/C33H61NO7/c1-10-16-19-27(13-4)31(36)39-24(7)22-34(23-25(8)40-32(37)28(14-5)20-17-11-2)30(35)26(9)41-33(38)29(15-6)21-18-12-3/h24-29H,10-23H2,1-9H3/t24-,25+,26-,27+,28+,29+/m0/s1. The fourth-order valence-corrected chi connectivity index (χ4v) is 4.93. The second-order valence-corrected chi connectivity index (χ2v) is 11.6. The summed E-state index contributed by atoms with van der Waals surface area (Å²) in [5.41, 5.74) is 0. The maximum Gasteiger partial charge on any atom is 0.309 e. The Balaban J connectivity index is 5.63. The number of carbonyl (C=O) groups excluding carboxylic acids is 4. The number of hydrogen-bond acceptors (Lipinski definition) is 7. The Morgan fingerprint density at radius 2 is 0.854 bits per heavy atom. The number of ether oxygens (including phenoxy) is 3. The van der Waals surface area contributed by atoms with Gasteiger partial charge in [-0.2, -0.15) is 0 Å². The number of amides is 1. The lowest BCUT2D eigenvalue weighted by Crippen LogP contribution is -2.48. The highest BCUT2D eigenvalue weighted by Gasteiger charge is 2.31. The van der Waals surface area contributed by atoms with Gasteiger partial charge in [0.15, 0.2) is 6.10 Å². The minimum atomic E-state index is -1.01. The highest BCUT2D eigenvalue weighted by atomic mass is 16.6. The minimum Gasteiger partial charge on any atom is -0.461 e. The van der Waals surface area contributed by atoms with Gasteiger partial charge >= 0.3 is 17.9 Å². The third-order valence-electron chi connectivity index (χ3n) is 7.74. The molecule has 8 nitrogen and oxygen atoms in total. The molecule has 0 bridgehead atoms. The second-order valence-electron chi connectivity index (χ2n) is 11.6. The fraction of sp³-hybridized carbons (Fsp3) is 0.879. The van der Waals surface area contributed by atoms with Crippen LogP contribution in [0.2, 0.25) is 0 Å². The van der Waals surface area contributed by atoms with Gasteiger partial charge in [-0.1, -0.05) is 80.1 Å². The molecule has 0 rings (SSSR count). The molecule has 6 atom stereocenters. The van der Waals surface area contributed by atoms with E-state index in [9.17, 15) is 19.2 Å². The predicted octanol–water partition coefficient (Wildman–Crippen LogP) is 7.26. The first-order valence-electron chi connectivity index (χ1n) is 16.4. The first-order chi connectivity index (χ1) is 19.5. The maximum absolute atomic E-state index is 13.6. The van der Waals surface area contributed by atoms with Crippen LogP contribution in [0.25, 0.3) is 0 Å². The number of unbranched alkanes of at least 4 members (excludes halogenated alkanes) is 3. The van der Waals surface area contributed by atoms with Crippen molar-refractivity contribution in [2.24, 2.45) is 17.8 Å². The van der Waals surface area contributed by atoms with Gasteiger partial charge < -0.3 is 19.1 Å². The van der Waals surface area contributed by atoms with Crippen molar-refractivity contribution in [1.82, 2.24) is 4.90 Å². The van der Waals surface area contributed by atoms with Crippen LogP contribution in [0.4, 0.5) is 0 Å². The Morgan fingerprint density at radius 3 is 1.15 bits per heavy atom. The molecule has 0 aromatic heterocycles. The van der Waals surface area contributed by atoms with Crippen LogP contribution in [0.1, 0.15) is 139 Å². The van der Waals surface area contributed by atoms with E-state index in [1.807, 2.05) is 20.8 Å². The first-order valence-corrected chi connectivity index (χ1v) is 16.4. The van der Waals surface area contributed by atoms with Gasteiger partial charge in [-0.3, -0.25) is 19.2 Å². The Kier molecular flexibility index (Phi) is 21.3. The van der Waals surface area contributed by atoms with Gasteiger partial charge in [0.25, 0.3) is 5.91 Å². The zero-order valence-electron chi connectivity index (χ0n) is 27.7. The van der Waals surface area contributed by atoms with Crippen molar-refractivity contribution in [3.8, 4) is 0 Å². The van der Waals surface area contributed by atoms with Crippen LogP contribution >= 0.6 is 0 Å². The molecule has 0 N–H and O–H groups in total. The van der Waals surface area contributed by atoms with E-state index in [2.05, 4.69) is 20.8 Å². The Morgan fingerprint density at radius 1 is 0.537 bits per heavy atom. The third-order valence-corrected chi connectivity index (χ3v) is 7.74. The van der Waals surface area contributed by atoms with Crippen molar-refractivity contribution in [2.75, 3.05) is 13.1 Å². The summed E-state index contributed by atoms with van der Waals surface area (Å²) < 4.78 is 17.1. The van der Waals surface area contributed by atoms with Gasteiger partial charge in [-0.05, 0) is 59.3 Å². The monoisotopic (exact) mass is 583 g/mol. The first kappa shape index (κ1) is 38.9. The molecule has 0 heterocycles. The average molecular weight is 584 g/mol. The van der Waals surface area contributed by atoms with E-state index in [1.54, 1.807) is 20.8 Å². The number of hydrogen-bond donors (Lipinski definition) is 0. The normalized spacial score (nSPS) is 15.6. The van der Waals surface area contributed by atoms with Crippen LogP contribution < -0.4 is 0 Å². The molecule has 0 spiro atoms. The molecule has 0 unspecified atom stereocenters. The molecule has 0 radical (unpaired) electrons. The maximum atomic E-state index is 13.6. The summed E-state index contributed by atoms with van der Waals surface area (Å²) in [5.74, 6) is -1.89. The summed E-state index contributed by atoms with van der Waals surface area (Å²) in [6.45, 7) is 17.5. The molecule has 0 aliphatic heterocycles. The molecule has 0 saturated heterocycles. The molecular weight excluding hydrogens is 522 g/mol. The van der Waals surface area contributed by atoms with Crippen LogP contribution in [0.5, 0.6) is 0 Å². The van der Waals surface area contributed by atoms with Gasteiger partial charge in [-0.25, -0.2) is 0 Å². The van der Waals surface area contributed by atoms with Gasteiger partial charge in [0.2, 0.25) is 0 Å². The molecule has 0 aromatic rings. The van der Waals surface area contributed by atoms with Crippen LogP contribution in [0.3, 0.4) is 0 Å². The molecular formula is C33H61NO7. The molecule has 0 aromatic carbocycles. The lowest BCUT2D eigenvalue weighted by atomic mass is 9.99. The smallest absolute Gasteiger partial charge is 0.309 e. The summed E-state index contributed by atoms with van der Waals surface area (Å²) in [6, 6.07) is 0. The average Bonchev–Trinajstić information content (AvgIpc) is 2.93. The topological polar surface area (TPSA) is 99.2 Å². The number of nitrogens with zero attached hydrogens (tertiary/aromatic N) is 1. The van der Waals surface area contributed by atoms with Crippen molar-refractivity contribution in [2.45, 2.75) is 158 Å². The molecule has 8 heteroatoms. The molecule has 0 aliphatic rings. The van der Waals surface area contributed by atoms with Crippen molar-refractivity contribution < 1.29 is 33.4 Å². The third kappa shape index (κ3) is 15.6. The molecule has 41 heavy (non-hydrogen) atoms. The highest BCUT2D eigenvalue weighted by molar-refractivity contribution is 5.84. The Hall–Kier alpha value is -2.12. The van der Waals surface area contributed by atoms with Crippen LogP contribution in [-0.2, 0) is 33.4 Å². The number of rotatable bonds is 23. The second kappa shape index (κ2) is 22.5. The summed E-state index contributed by atoms with van der Waals surface area (Å²) in [5, 5.41) is 0. The van der Waals surface area contributed by atoms with Crippen molar-refractivity contribution in [3.63, 3.8) is 0 Å². The number of carbonyl (C=O) groups is 4. The molecule has 1 amide bonds. The number of esters is 3. The fourth-order valence-electron chi connectivity index (χ4n) is 4.93. The van der Waals surface area contributed by atoms with Gasteiger partial charge in [-0.15, -0.1) is 0 Å². The van der Waals surface area contributed by atoms with E-state index in [-0.39, 0.29) is 48.8 Å². The van der Waals surface area contributed by atoms with Gasteiger partial charge in [0.05, 0.1) is 30.8 Å². The van der Waals surface area contributed by atoms with Crippen LogP contribution in [0.15, 0.2) is 0 Å². The van der Waals surface area contributed by atoms with Gasteiger partial charge in [0, 0.05) is 0 Å². The lowest BCUT2D eigenvalue weighted by Gasteiger charge is -2.31. The van der Waals surface area contributed by atoms with E-state index in [4.69, 9.17) is 14.2 Å². The van der Waals surface area contributed by atoms with E-state index in [1.165, 1.54) is 4.90 Å². The van der Waals surface area contributed by atoms with Crippen molar-refractivity contribution >= 4 is 23.8 Å². The predicted molar refractivity (Wildman–Crippen MR) is 163 cm³/mol. The zero-order chi connectivity index (χ0) is 31.4. The molecule has 240 valence electrons. The largest absolute Gasteiger partial charge is 0.461 e. The van der Waals surface area contributed by atoms with E-state index in [0.717, 1.165) is 57.8 Å². The summed E-state index contributed by atoms with van der Waals surface area (Å²) in [4.78, 5) is 53.5.